The molecule has 0 aliphatic carbocycles. The molecule has 0 aliphatic heterocycles. The Kier molecular flexibility index (Phi) is 4.71. The first kappa shape index (κ1) is 17.0. The number of carbonyl (C=O) groups excluding carboxylic acids is 1. The molecule has 4 heteroatoms. The molecule has 0 saturated heterocycles. The van der Waals surface area contributed by atoms with Crippen LogP contribution in [0, 0.1) is 6.92 Å². The van der Waals surface area contributed by atoms with Crippen LogP contribution in [0.1, 0.15) is 29.4 Å². The third-order valence-electron chi connectivity index (χ3n) is 4.57. The molecule has 4 nitrogen and oxygen atoms in total. The van der Waals surface area contributed by atoms with Crippen molar-refractivity contribution < 1.29 is 9.21 Å². The maximum atomic E-state index is 12.8. The summed E-state index contributed by atoms with van der Waals surface area (Å²) in [6.07, 6.45) is 0.365. The minimum absolute atomic E-state index is 0.00502. The van der Waals surface area contributed by atoms with Gasteiger partial charge in [-0.3, -0.25) is 4.79 Å². The van der Waals surface area contributed by atoms with Crippen LogP contribution in [-0.4, -0.2) is 10.9 Å². The van der Waals surface area contributed by atoms with Gasteiger partial charge in [0, 0.05) is 24.9 Å². The molecule has 4 aromatic rings. The number of nitrogens with zero attached hydrogens (tertiary/aromatic N) is 1. The fourth-order valence-corrected chi connectivity index (χ4v) is 3.32. The number of anilines is 1. The Balaban J connectivity index is 1.56. The van der Waals surface area contributed by atoms with E-state index in [0.717, 1.165) is 27.9 Å². The fourth-order valence-electron chi connectivity index (χ4n) is 3.32. The molecule has 0 atom stereocenters. The van der Waals surface area contributed by atoms with Gasteiger partial charge in [-0.25, -0.2) is 4.98 Å². The summed E-state index contributed by atoms with van der Waals surface area (Å²) < 4.78 is 5.48. The first-order valence-electron chi connectivity index (χ1n) is 8.96. The lowest BCUT2D eigenvalue weighted by Crippen LogP contribution is -2.16. The highest BCUT2D eigenvalue weighted by atomic mass is 16.3. The Hall–Kier alpha value is -3.40. The number of aromatic nitrogens is 1. The molecule has 1 heterocycles. The highest BCUT2D eigenvalue weighted by Gasteiger charge is 2.18. The summed E-state index contributed by atoms with van der Waals surface area (Å²) in [6.45, 7) is 1.81. The van der Waals surface area contributed by atoms with E-state index >= 15 is 0 Å². The monoisotopic (exact) mass is 356 g/mol. The normalized spacial score (nSPS) is 11.0. The summed E-state index contributed by atoms with van der Waals surface area (Å²) in [7, 11) is 0. The van der Waals surface area contributed by atoms with Gasteiger partial charge < -0.3 is 9.73 Å². The van der Waals surface area contributed by atoms with Gasteiger partial charge in [0.05, 0.1) is 0 Å². The van der Waals surface area contributed by atoms with Gasteiger partial charge in [-0.05, 0) is 29.3 Å². The van der Waals surface area contributed by atoms with Crippen LogP contribution in [0.3, 0.4) is 0 Å². The second kappa shape index (κ2) is 7.46. The predicted molar refractivity (Wildman–Crippen MR) is 107 cm³/mol. The zero-order valence-corrected chi connectivity index (χ0v) is 15.1. The lowest BCUT2D eigenvalue weighted by molar-refractivity contribution is -0.116. The van der Waals surface area contributed by atoms with Crippen molar-refractivity contribution in [3.05, 3.63) is 95.9 Å². The van der Waals surface area contributed by atoms with Gasteiger partial charge in [-0.2, -0.15) is 0 Å². The molecule has 0 radical (unpaired) electrons. The summed E-state index contributed by atoms with van der Waals surface area (Å²) in [5, 5.41) is 2.99. The first-order valence-corrected chi connectivity index (χ1v) is 8.96. The topological polar surface area (TPSA) is 55.1 Å². The van der Waals surface area contributed by atoms with E-state index in [1.165, 1.54) is 0 Å². The molecule has 0 spiro atoms. The van der Waals surface area contributed by atoms with E-state index in [2.05, 4.69) is 34.6 Å². The second-order valence-corrected chi connectivity index (χ2v) is 6.54. The van der Waals surface area contributed by atoms with Gasteiger partial charge in [-0.15, -0.1) is 0 Å². The van der Waals surface area contributed by atoms with Crippen molar-refractivity contribution in [2.75, 3.05) is 5.32 Å². The van der Waals surface area contributed by atoms with Crippen LogP contribution in [0.15, 0.2) is 83.3 Å². The molecule has 1 amide bonds. The molecule has 0 aliphatic rings. The van der Waals surface area contributed by atoms with E-state index in [1.54, 1.807) is 0 Å². The van der Waals surface area contributed by atoms with Gasteiger partial charge in [0.1, 0.15) is 5.52 Å². The van der Waals surface area contributed by atoms with Crippen molar-refractivity contribution >= 4 is 22.7 Å². The lowest BCUT2D eigenvalue weighted by atomic mass is 9.88. The molecule has 134 valence electrons. The summed E-state index contributed by atoms with van der Waals surface area (Å²) in [5.74, 6) is 0.583. The smallest absolute Gasteiger partial charge is 0.225 e. The van der Waals surface area contributed by atoms with Crippen molar-refractivity contribution in [1.82, 2.24) is 4.98 Å². The molecule has 27 heavy (non-hydrogen) atoms. The van der Waals surface area contributed by atoms with Crippen molar-refractivity contribution in [3.63, 3.8) is 0 Å². The number of nitrogens with one attached hydrogen (secondary N) is 1. The molecular formula is C23H20N2O2. The molecule has 0 saturated carbocycles. The Bertz CT molecular complexity index is 1020. The Morgan fingerprint density at radius 1 is 0.963 bits per heavy atom. The van der Waals surface area contributed by atoms with Crippen LogP contribution < -0.4 is 5.32 Å². The van der Waals surface area contributed by atoms with E-state index in [4.69, 9.17) is 4.42 Å². The van der Waals surface area contributed by atoms with Crippen molar-refractivity contribution in [1.29, 1.82) is 0 Å². The highest BCUT2D eigenvalue weighted by Crippen LogP contribution is 2.28. The van der Waals surface area contributed by atoms with E-state index in [9.17, 15) is 4.79 Å². The van der Waals surface area contributed by atoms with Gasteiger partial charge in [0.25, 0.3) is 0 Å². The highest BCUT2D eigenvalue weighted by molar-refractivity contribution is 5.93. The molecule has 3 aromatic carbocycles. The molecule has 1 N–H and O–H groups in total. The van der Waals surface area contributed by atoms with Crippen LogP contribution in [0.2, 0.25) is 0 Å². The van der Waals surface area contributed by atoms with E-state index in [-0.39, 0.29) is 11.8 Å². The Labute approximate surface area is 157 Å². The summed E-state index contributed by atoms with van der Waals surface area (Å²) in [4.78, 5) is 17.1. The van der Waals surface area contributed by atoms with E-state index < -0.39 is 0 Å². The first-order chi connectivity index (χ1) is 13.2. The third-order valence-corrected chi connectivity index (χ3v) is 4.57. The standard InChI is InChI=1S/C23H20N2O2/c1-16-24-21-14-19(12-13-22(21)27-16)25-23(26)15-20(17-8-4-2-5-9-17)18-10-6-3-7-11-18/h2-14,20H,15H2,1H3,(H,25,26). The fraction of sp³-hybridized carbons (Fsp3) is 0.130. The van der Waals surface area contributed by atoms with Crippen LogP contribution >= 0.6 is 0 Å². The summed E-state index contributed by atoms with van der Waals surface area (Å²) in [5.41, 5.74) is 4.44. The van der Waals surface area contributed by atoms with Crippen LogP contribution in [0.25, 0.3) is 11.1 Å². The zero-order valence-electron chi connectivity index (χ0n) is 15.1. The van der Waals surface area contributed by atoms with Crippen LogP contribution in [0.5, 0.6) is 0 Å². The number of amides is 1. The van der Waals surface area contributed by atoms with Crippen LogP contribution in [-0.2, 0) is 4.79 Å². The lowest BCUT2D eigenvalue weighted by Gasteiger charge is -2.18. The number of aryl methyl sites for hydroxylation is 1. The average molecular weight is 356 g/mol. The van der Waals surface area contributed by atoms with Crippen LogP contribution in [0.4, 0.5) is 5.69 Å². The van der Waals surface area contributed by atoms with E-state index in [1.807, 2.05) is 61.5 Å². The number of hydrogen-bond donors (Lipinski definition) is 1. The summed E-state index contributed by atoms with van der Waals surface area (Å²) >= 11 is 0. The van der Waals surface area contributed by atoms with Crippen molar-refractivity contribution in [2.45, 2.75) is 19.3 Å². The number of fused-ring (bicyclic) bond motifs is 1. The van der Waals surface area contributed by atoms with Crippen molar-refractivity contribution in [3.8, 4) is 0 Å². The largest absolute Gasteiger partial charge is 0.441 e. The zero-order chi connectivity index (χ0) is 18.6. The minimum Gasteiger partial charge on any atom is -0.441 e. The SMILES string of the molecule is Cc1nc2cc(NC(=O)CC(c3ccccc3)c3ccccc3)ccc2o1. The molecule has 1 aromatic heterocycles. The van der Waals surface area contributed by atoms with E-state index in [0.29, 0.717) is 12.3 Å². The molecular weight excluding hydrogens is 336 g/mol. The number of oxazole rings is 1. The number of benzene rings is 3. The number of carbonyl (C=O) groups is 1. The second-order valence-electron chi connectivity index (χ2n) is 6.54. The molecule has 0 bridgehead atoms. The minimum atomic E-state index is -0.0349. The molecule has 0 unspecified atom stereocenters. The molecule has 4 rings (SSSR count). The van der Waals surface area contributed by atoms with Gasteiger partial charge in [0.15, 0.2) is 11.5 Å². The Morgan fingerprint density at radius 2 is 1.59 bits per heavy atom. The summed E-state index contributed by atoms with van der Waals surface area (Å²) in [6, 6.07) is 25.8. The maximum absolute atomic E-state index is 12.8. The third kappa shape index (κ3) is 3.90. The van der Waals surface area contributed by atoms with Gasteiger partial charge in [0.2, 0.25) is 5.91 Å². The predicted octanol–water partition coefficient (Wildman–Crippen LogP) is 5.30. The maximum Gasteiger partial charge on any atom is 0.225 e. The van der Waals surface area contributed by atoms with Gasteiger partial charge in [-0.1, -0.05) is 60.7 Å². The number of hydrogen-bond acceptors (Lipinski definition) is 3. The Morgan fingerprint density at radius 3 is 2.22 bits per heavy atom. The molecule has 0 fully saturated rings. The quantitative estimate of drug-likeness (QED) is 0.528. The van der Waals surface area contributed by atoms with Gasteiger partial charge >= 0.3 is 0 Å². The van der Waals surface area contributed by atoms with Crippen molar-refractivity contribution in [2.24, 2.45) is 0 Å². The number of rotatable bonds is 5. The average Bonchev–Trinajstić information content (AvgIpc) is 3.07.